The molecule has 0 bridgehead atoms. The van der Waals surface area contributed by atoms with Gasteiger partial charge in [0.15, 0.2) is 5.54 Å². The molecule has 2 saturated heterocycles. The highest BCUT2D eigenvalue weighted by atomic mass is 32.2. The van der Waals surface area contributed by atoms with E-state index in [-0.39, 0.29) is 12.3 Å². The van der Waals surface area contributed by atoms with Gasteiger partial charge in [0.1, 0.15) is 6.54 Å². The van der Waals surface area contributed by atoms with E-state index in [2.05, 4.69) is 0 Å². The van der Waals surface area contributed by atoms with Gasteiger partial charge in [-0.2, -0.15) is 11.8 Å². The van der Waals surface area contributed by atoms with Crippen LogP contribution in [0.3, 0.4) is 0 Å². The number of hydrogen-bond donors (Lipinski definition) is 1. The molecular formula is C9H12N2O4S. The van der Waals surface area contributed by atoms with Gasteiger partial charge in [-0.1, -0.05) is 0 Å². The maximum atomic E-state index is 11.8. The van der Waals surface area contributed by atoms with Crippen LogP contribution >= 0.6 is 11.8 Å². The molecule has 2 aliphatic heterocycles. The van der Waals surface area contributed by atoms with E-state index in [1.165, 1.54) is 23.7 Å². The summed E-state index contributed by atoms with van der Waals surface area (Å²) in [6.07, 6.45) is 0.332. The Hall–Kier alpha value is -1.24. The quantitative estimate of drug-likeness (QED) is 0.683. The number of thioether (sulfide) groups is 1. The smallest absolute Gasteiger partial charge is 0.331 e. The lowest BCUT2D eigenvalue weighted by Crippen LogP contribution is -2.57. The molecule has 0 saturated carbocycles. The van der Waals surface area contributed by atoms with Crippen molar-refractivity contribution in [3.8, 4) is 0 Å². The maximum absolute atomic E-state index is 11.8. The molecule has 6 nitrogen and oxygen atoms in total. The molecule has 1 unspecified atom stereocenters. The van der Waals surface area contributed by atoms with Crippen molar-refractivity contribution < 1.29 is 19.5 Å². The largest absolute Gasteiger partial charge is 0.479 e. The monoisotopic (exact) mass is 244 g/mol. The van der Waals surface area contributed by atoms with Crippen LogP contribution in [0.4, 0.5) is 4.79 Å². The van der Waals surface area contributed by atoms with Crippen LogP contribution in [0.25, 0.3) is 0 Å². The average molecular weight is 244 g/mol. The van der Waals surface area contributed by atoms with Crippen LogP contribution in [-0.4, -0.2) is 63.5 Å². The first-order valence-corrected chi connectivity index (χ1v) is 6.04. The summed E-state index contributed by atoms with van der Waals surface area (Å²) >= 11 is 1.46. The minimum atomic E-state index is -1.33. The zero-order valence-corrected chi connectivity index (χ0v) is 9.62. The van der Waals surface area contributed by atoms with E-state index < -0.39 is 23.4 Å². The van der Waals surface area contributed by atoms with Gasteiger partial charge in [-0.05, 0) is 12.2 Å². The number of carbonyl (C=O) groups excluding carboxylic acids is 2. The number of hydrogen-bond acceptors (Lipinski definition) is 4. The Bertz CT molecular complexity index is 365. The van der Waals surface area contributed by atoms with Crippen LogP contribution in [0.2, 0.25) is 0 Å². The van der Waals surface area contributed by atoms with Gasteiger partial charge in [0, 0.05) is 12.8 Å². The number of aliphatic carboxylic acids is 1. The minimum Gasteiger partial charge on any atom is -0.479 e. The fourth-order valence-electron chi connectivity index (χ4n) is 2.04. The lowest BCUT2D eigenvalue weighted by atomic mass is 9.97. The average Bonchev–Trinajstić information content (AvgIpc) is 2.75. The second-order valence-electron chi connectivity index (χ2n) is 4.01. The third-order valence-corrected chi connectivity index (χ3v) is 4.14. The second-order valence-corrected chi connectivity index (χ2v) is 5.11. The molecule has 1 atom stereocenters. The number of nitrogens with zero attached hydrogens (tertiary/aromatic N) is 2. The molecule has 88 valence electrons. The van der Waals surface area contributed by atoms with Gasteiger partial charge in [-0.3, -0.25) is 4.79 Å². The lowest BCUT2D eigenvalue weighted by molar-refractivity contribution is -0.152. The molecule has 0 aromatic heterocycles. The van der Waals surface area contributed by atoms with E-state index >= 15 is 0 Å². The number of amides is 3. The first kappa shape index (κ1) is 11.3. The van der Waals surface area contributed by atoms with Gasteiger partial charge in [0.2, 0.25) is 0 Å². The summed E-state index contributed by atoms with van der Waals surface area (Å²) < 4.78 is 0. The summed E-state index contributed by atoms with van der Waals surface area (Å²) in [6.45, 7) is -0.0292. The Morgan fingerprint density at radius 1 is 1.50 bits per heavy atom. The van der Waals surface area contributed by atoms with E-state index in [9.17, 15) is 19.5 Å². The Morgan fingerprint density at radius 3 is 2.56 bits per heavy atom. The Labute approximate surface area is 96.6 Å². The fraction of sp³-hybridized carbons (Fsp3) is 0.667. The Balaban J connectivity index is 2.38. The fourth-order valence-corrected chi connectivity index (χ4v) is 3.40. The number of carbonyl (C=O) groups is 3. The third-order valence-electron chi connectivity index (χ3n) is 2.97. The van der Waals surface area contributed by atoms with Crippen LogP contribution in [0.5, 0.6) is 0 Å². The molecular weight excluding hydrogens is 232 g/mol. The van der Waals surface area contributed by atoms with E-state index in [1.807, 2.05) is 0 Å². The maximum Gasteiger partial charge on any atom is 0.331 e. The molecule has 1 N–H and O–H groups in total. The van der Waals surface area contributed by atoms with Crippen LogP contribution < -0.4 is 0 Å². The normalized spacial score (nSPS) is 30.3. The van der Waals surface area contributed by atoms with Gasteiger partial charge in [0.05, 0.1) is 0 Å². The molecule has 0 aromatic rings. The number of carboxylic acid groups (broad SMARTS) is 1. The summed E-state index contributed by atoms with van der Waals surface area (Å²) in [7, 11) is 1.50. The highest BCUT2D eigenvalue weighted by Crippen LogP contribution is 2.36. The summed E-state index contributed by atoms with van der Waals surface area (Å²) in [5, 5.41) is 9.27. The predicted molar refractivity (Wildman–Crippen MR) is 57.2 cm³/mol. The van der Waals surface area contributed by atoms with Gasteiger partial charge < -0.3 is 10.0 Å². The summed E-state index contributed by atoms with van der Waals surface area (Å²) in [6, 6.07) is -0.505. The minimum absolute atomic E-state index is 0.0292. The lowest BCUT2D eigenvalue weighted by Gasteiger charge is -2.31. The molecule has 2 aliphatic rings. The molecule has 0 spiro atoms. The Kier molecular flexibility index (Phi) is 2.57. The number of urea groups is 1. The zero-order valence-electron chi connectivity index (χ0n) is 8.80. The van der Waals surface area contributed by atoms with Crippen molar-refractivity contribution in [3.05, 3.63) is 0 Å². The molecule has 2 rings (SSSR count). The van der Waals surface area contributed by atoms with E-state index in [0.717, 1.165) is 4.90 Å². The molecule has 0 aliphatic carbocycles. The van der Waals surface area contributed by atoms with Crippen LogP contribution in [-0.2, 0) is 9.59 Å². The highest BCUT2D eigenvalue weighted by Gasteiger charge is 2.55. The summed E-state index contributed by atoms with van der Waals surface area (Å²) in [5.74, 6) is -0.562. The summed E-state index contributed by atoms with van der Waals surface area (Å²) in [5.41, 5.74) is -1.33. The predicted octanol–water partition coefficient (Wildman–Crippen LogP) is -0.159. The third kappa shape index (κ3) is 1.38. The number of likely N-dealkylation sites (N-methyl/N-ethyl adjacent to an activating group) is 1. The van der Waals surface area contributed by atoms with Crippen molar-refractivity contribution in [1.82, 2.24) is 9.80 Å². The van der Waals surface area contributed by atoms with Gasteiger partial charge >= 0.3 is 12.0 Å². The van der Waals surface area contributed by atoms with Crippen molar-refractivity contribution >= 4 is 29.7 Å². The van der Waals surface area contributed by atoms with Crippen molar-refractivity contribution in [1.29, 1.82) is 0 Å². The SMILES string of the molecule is CN1CC(=O)N(C2(C(=O)O)CCSC2)C1=O. The van der Waals surface area contributed by atoms with Gasteiger partial charge in [0.25, 0.3) is 5.91 Å². The van der Waals surface area contributed by atoms with Crippen molar-refractivity contribution in [2.24, 2.45) is 0 Å². The van der Waals surface area contributed by atoms with Gasteiger partial charge in [-0.15, -0.1) is 0 Å². The van der Waals surface area contributed by atoms with Crippen LogP contribution in [0.15, 0.2) is 0 Å². The molecule has 7 heteroatoms. The number of carboxylic acids is 1. The molecule has 0 radical (unpaired) electrons. The molecule has 0 aromatic carbocycles. The van der Waals surface area contributed by atoms with Crippen LogP contribution in [0.1, 0.15) is 6.42 Å². The standard InChI is InChI=1S/C9H12N2O4S/c1-10-4-6(12)11(8(10)15)9(7(13)14)2-3-16-5-9/h2-5H2,1H3,(H,13,14). The van der Waals surface area contributed by atoms with Crippen LogP contribution in [0, 0.1) is 0 Å². The number of rotatable bonds is 2. The zero-order chi connectivity index (χ0) is 11.9. The summed E-state index contributed by atoms with van der Waals surface area (Å²) in [4.78, 5) is 37.0. The van der Waals surface area contributed by atoms with E-state index in [4.69, 9.17) is 0 Å². The molecule has 3 amide bonds. The first-order valence-electron chi connectivity index (χ1n) is 4.88. The van der Waals surface area contributed by atoms with Gasteiger partial charge in [-0.25, -0.2) is 14.5 Å². The van der Waals surface area contributed by atoms with E-state index in [1.54, 1.807) is 0 Å². The molecule has 16 heavy (non-hydrogen) atoms. The van der Waals surface area contributed by atoms with Crippen molar-refractivity contribution in [2.75, 3.05) is 25.1 Å². The highest BCUT2D eigenvalue weighted by molar-refractivity contribution is 7.99. The van der Waals surface area contributed by atoms with Crippen molar-refractivity contribution in [2.45, 2.75) is 12.0 Å². The first-order chi connectivity index (χ1) is 7.49. The topological polar surface area (TPSA) is 77.9 Å². The number of imide groups is 1. The van der Waals surface area contributed by atoms with Crippen molar-refractivity contribution in [3.63, 3.8) is 0 Å². The molecule has 2 heterocycles. The van der Waals surface area contributed by atoms with E-state index in [0.29, 0.717) is 12.2 Å². The second kappa shape index (κ2) is 3.65. The molecule has 2 fully saturated rings. The Morgan fingerprint density at radius 2 is 2.19 bits per heavy atom.